The van der Waals surface area contributed by atoms with Gasteiger partial charge in [0, 0.05) is 35.8 Å². The molecular formula is C27H34N6O. The minimum atomic E-state index is 0.232. The highest BCUT2D eigenvalue weighted by Crippen LogP contribution is 2.38. The molecular weight excluding hydrogens is 424 g/mol. The lowest BCUT2D eigenvalue weighted by molar-refractivity contribution is -0.132. The Hall–Kier alpha value is -3.19. The van der Waals surface area contributed by atoms with Crippen LogP contribution in [0.15, 0.2) is 36.7 Å². The number of nitrogens with zero attached hydrogens (tertiary/aromatic N) is 5. The molecule has 0 bridgehead atoms. The molecule has 7 nitrogen and oxygen atoms in total. The highest BCUT2D eigenvalue weighted by atomic mass is 16.2. The van der Waals surface area contributed by atoms with E-state index in [9.17, 15) is 4.79 Å². The van der Waals surface area contributed by atoms with Crippen LogP contribution < -0.4 is 0 Å². The van der Waals surface area contributed by atoms with Gasteiger partial charge in [0.1, 0.15) is 0 Å². The Balaban J connectivity index is 1.47. The van der Waals surface area contributed by atoms with E-state index in [-0.39, 0.29) is 5.91 Å². The van der Waals surface area contributed by atoms with Crippen LogP contribution in [0.5, 0.6) is 0 Å². The SMILES string of the molecule is Cc1cc(-c2[nH]c3ccc(C4CCN(C(=O)CN(C)C)CC4)cc3c2C(C)C)cn2nncc12. The van der Waals surface area contributed by atoms with Gasteiger partial charge in [-0.1, -0.05) is 25.1 Å². The molecule has 7 heteroatoms. The van der Waals surface area contributed by atoms with E-state index in [0.29, 0.717) is 18.4 Å². The van der Waals surface area contributed by atoms with Gasteiger partial charge >= 0.3 is 0 Å². The molecule has 1 fully saturated rings. The molecule has 1 N–H and O–H groups in total. The summed E-state index contributed by atoms with van der Waals surface area (Å²) in [6.45, 7) is 8.78. The van der Waals surface area contributed by atoms with Gasteiger partial charge in [0.25, 0.3) is 0 Å². The maximum atomic E-state index is 12.4. The van der Waals surface area contributed by atoms with Crippen LogP contribution in [0, 0.1) is 6.92 Å². The molecule has 1 saturated heterocycles. The number of carbonyl (C=O) groups is 1. The first-order chi connectivity index (χ1) is 16.3. The number of piperidine rings is 1. The zero-order valence-electron chi connectivity index (χ0n) is 20.8. The summed E-state index contributed by atoms with van der Waals surface area (Å²) in [5.41, 5.74) is 8.36. The molecule has 0 atom stereocenters. The zero-order valence-corrected chi connectivity index (χ0v) is 20.8. The third-order valence-corrected chi connectivity index (χ3v) is 7.11. The fraction of sp³-hybridized carbons (Fsp3) is 0.444. The molecule has 0 aliphatic carbocycles. The number of benzene rings is 1. The van der Waals surface area contributed by atoms with Crippen molar-refractivity contribution in [1.29, 1.82) is 0 Å². The first-order valence-corrected chi connectivity index (χ1v) is 12.2. The molecule has 3 aromatic heterocycles. The average Bonchev–Trinajstić information content (AvgIpc) is 3.43. The number of pyridine rings is 1. The maximum absolute atomic E-state index is 12.4. The predicted octanol–water partition coefficient (Wildman–Crippen LogP) is 4.58. The summed E-state index contributed by atoms with van der Waals surface area (Å²) < 4.78 is 1.86. The lowest BCUT2D eigenvalue weighted by Crippen LogP contribution is -2.42. The molecule has 4 aromatic rings. The van der Waals surface area contributed by atoms with Crippen LogP contribution in [-0.2, 0) is 4.79 Å². The molecule has 1 aromatic carbocycles. The minimum absolute atomic E-state index is 0.232. The number of hydrogen-bond acceptors (Lipinski definition) is 4. The Morgan fingerprint density at radius 1 is 1.21 bits per heavy atom. The van der Waals surface area contributed by atoms with Crippen LogP contribution in [0.1, 0.15) is 55.2 Å². The number of rotatable bonds is 5. The predicted molar refractivity (Wildman–Crippen MR) is 136 cm³/mol. The summed E-state index contributed by atoms with van der Waals surface area (Å²) in [5, 5.41) is 9.59. The summed E-state index contributed by atoms with van der Waals surface area (Å²) in [5.74, 6) is 1.09. The second kappa shape index (κ2) is 8.87. The molecule has 1 aliphatic rings. The van der Waals surface area contributed by atoms with Crippen LogP contribution >= 0.6 is 0 Å². The highest BCUT2D eigenvalue weighted by Gasteiger charge is 2.25. The number of hydrogen-bond donors (Lipinski definition) is 1. The van der Waals surface area contributed by atoms with Crippen LogP contribution in [-0.4, -0.2) is 69.2 Å². The van der Waals surface area contributed by atoms with Gasteiger partial charge in [-0.2, -0.15) is 0 Å². The van der Waals surface area contributed by atoms with Crippen LogP contribution in [0.2, 0.25) is 0 Å². The van der Waals surface area contributed by atoms with Crippen molar-refractivity contribution >= 4 is 22.3 Å². The van der Waals surface area contributed by atoms with E-state index in [0.717, 1.165) is 53.8 Å². The molecule has 34 heavy (non-hydrogen) atoms. The number of likely N-dealkylation sites (N-methyl/N-ethyl adjacent to an activating group) is 1. The first-order valence-electron chi connectivity index (χ1n) is 12.2. The third-order valence-electron chi connectivity index (χ3n) is 7.11. The van der Waals surface area contributed by atoms with Crippen molar-refractivity contribution in [3.63, 3.8) is 0 Å². The largest absolute Gasteiger partial charge is 0.354 e. The number of aromatic nitrogens is 4. The number of amides is 1. The van der Waals surface area contributed by atoms with E-state index in [2.05, 4.69) is 66.5 Å². The molecule has 0 radical (unpaired) electrons. The molecule has 0 saturated carbocycles. The molecule has 0 spiro atoms. The number of aryl methyl sites for hydroxylation is 1. The number of nitrogens with one attached hydrogen (secondary N) is 1. The van der Waals surface area contributed by atoms with E-state index in [1.54, 1.807) is 6.20 Å². The summed E-state index contributed by atoms with van der Waals surface area (Å²) in [7, 11) is 3.89. The third kappa shape index (κ3) is 4.09. The number of carbonyl (C=O) groups excluding carboxylic acids is 1. The van der Waals surface area contributed by atoms with Crippen molar-refractivity contribution in [2.24, 2.45) is 0 Å². The van der Waals surface area contributed by atoms with Gasteiger partial charge in [0.15, 0.2) is 0 Å². The lowest BCUT2D eigenvalue weighted by Gasteiger charge is -2.33. The number of likely N-dealkylation sites (tertiary alicyclic amines) is 1. The summed E-state index contributed by atoms with van der Waals surface area (Å²) in [6, 6.07) is 9.09. The van der Waals surface area contributed by atoms with E-state index in [1.165, 1.54) is 16.5 Å². The van der Waals surface area contributed by atoms with Crippen LogP contribution in [0.4, 0.5) is 0 Å². The van der Waals surface area contributed by atoms with Crippen molar-refractivity contribution in [3.8, 4) is 11.3 Å². The number of fused-ring (bicyclic) bond motifs is 2. The monoisotopic (exact) mass is 458 g/mol. The molecule has 4 heterocycles. The quantitative estimate of drug-likeness (QED) is 0.475. The van der Waals surface area contributed by atoms with Gasteiger partial charge in [-0.05, 0) is 80.6 Å². The Labute approximate surface area is 200 Å². The smallest absolute Gasteiger partial charge is 0.236 e. The summed E-state index contributed by atoms with van der Waals surface area (Å²) in [6.07, 6.45) is 5.90. The number of aromatic amines is 1. The first kappa shape index (κ1) is 22.6. The molecule has 5 rings (SSSR count). The maximum Gasteiger partial charge on any atom is 0.236 e. The van der Waals surface area contributed by atoms with Crippen LogP contribution in [0.25, 0.3) is 27.7 Å². The summed E-state index contributed by atoms with van der Waals surface area (Å²) in [4.78, 5) is 20.1. The Kier molecular flexibility index (Phi) is 5.90. The van der Waals surface area contributed by atoms with E-state index >= 15 is 0 Å². The molecule has 1 amide bonds. The second-order valence-electron chi connectivity index (χ2n) is 10.2. The average molecular weight is 459 g/mol. The van der Waals surface area contributed by atoms with Gasteiger partial charge in [0.2, 0.25) is 5.91 Å². The van der Waals surface area contributed by atoms with Crippen molar-refractivity contribution < 1.29 is 4.79 Å². The summed E-state index contributed by atoms with van der Waals surface area (Å²) >= 11 is 0. The zero-order chi connectivity index (χ0) is 24.0. The van der Waals surface area contributed by atoms with Crippen molar-refractivity contribution in [3.05, 3.63) is 53.3 Å². The fourth-order valence-corrected chi connectivity index (χ4v) is 5.38. The molecule has 178 valence electrons. The minimum Gasteiger partial charge on any atom is -0.354 e. The van der Waals surface area contributed by atoms with E-state index < -0.39 is 0 Å². The second-order valence-corrected chi connectivity index (χ2v) is 10.2. The molecule has 0 unspecified atom stereocenters. The van der Waals surface area contributed by atoms with Crippen molar-refractivity contribution in [2.75, 3.05) is 33.7 Å². The Bertz CT molecular complexity index is 1340. The topological polar surface area (TPSA) is 69.5 Å². The Morgan fingerprint density at radius 2 is 1.97 bits per heavy atom. The van der Waals surface area contributed by atoms with Gasteiger partial charge < -0.3 is 14.8 Å². The highest BCUT2D eigenvalue weighted by molar-refractivity contribution is 5.92. The van der Waals surface area contributed by atoms with Gasteiger partial charge in [-0.3, -0.25) is 4.79 Å². The fourth-order valence-electron chi connectivity index (χ4n) is 5.38. The van der Waals surface area contributed by atoms with E-state index in [1.807, 2.05) is 28.4 Å². The Morgan fingerprint density at radius 3 is 2.68 bits per heavy atom. The van der Waals surface area contributed by atoms with Crippen LogP contribution in [0.3, 0.4) is 0 Å². The van der Waals surface area contributed by atoms with Gasteiger partial charge in [0.05, 0.1) is 24.0 Å². The van der Waals surface area contributed by atoms with Crippen molar-refractivity contribution in [2.45, 2.75) is 45.4 Å². The van der Waals surface area contributed by atoms with Crippen molar-refractivity contribution in [1.82, 2.24) is 29.6 Å². The lowest BCUT2D eigenvalue weighted by atomic mass is 9.87. The van der Waals surface area contributed by atoms with Gasteiger partial charge in [-0.25, -0.2) is 4.52 Å². The molecule has 1 aliphatic heterocycles. The van der Waals surface area contributed by atoms with Gasteiger partial charge in [-0.15, -0.1) is 5.10 Å². The standard InChI is InChI=1S/C27H34N6O/c1-17(2)26-22-13-20(19-8-10-32(11-9-19)25(34)16-31(4)5)6-7-23(22)29-27(26)21-12-18(3)24-14-28-30-33(24)15-21/h6-7,12-15,17,19,29H,8-11,16H2,1-5H3. The normalized spacial score (nSPS) is 15.3. The van der Waals surface area contributed by atoms with E-state index in [4.69, 9.17) is 0 Å². The number of H-pyrrole nitrogens is 1.